The SMILES string of the molecule is CC(=O)Nc1ccc(SC(C)C(=O)N2CCN(CC(C)C)CC2)cc1. The first-order valence-corrected chi connectivity index (χ1v) is 9.78. The molecule has 0 radical (unpaired) electrons. The largest absolute Gasteiger partial charge is 0.339 e. The standard InChI is InChI=1S/C19H29N3O2S/c1-14(2)13-21-9-11-22(12-10-21)19(24)15(3)25-18-7-5-17(6-8-18)20-16(4)23/h5-8,14-15H,9-13H2,1-4H3,(H,20,23). The smallest absolute Gasteiger partial charge is 0.235 e. The fraction of sp³-hybridized carbons (Fsp3) is 0.579. The van der Waals surface area contributed by atoms with E-state index in [1.165, 1.54) is 6.92 Å². The molecule has 1 unspecified atom stereocenters. The maximum absolute atomic E-state index is 12.7. The molecule has 138 valence electrons. The predicted molar refractivity (Wildman–Crippen MR) is 104 cm³/mol. The minimum absolute atomic E-state index is 0.0828. The van der Waals surface area contributed by atoms with E-state index in [1.807, 2.05) is 36.1 Å². The summed E-state index contributed by atoms with van der Waals surface area (Å²) in [4.78, 5) is 29.2. The number of nitrogens with one attached hydrogen (secondary N) is 1. The summed E-state index contributed by atoms with van der Waals surface area (Å²) in [6.45, 7) is 12.6. The molecule has 6 heteroatoms. The van der Waals surface area contributed by atoms with Crippen LogP contribution in [0.4, 0.5) is 5.69 Å². The maximum atomic E-state index is 12.7. The van der Waals surface area contributed by atoms with E-state index < -0.39 is 0 Å². The summed E-state index contributed by atoms with van der Waals surface area (Å²) in [6, 6.07) is 7.62. The third-order valence-electron chi connectivity index (χ3n) is 4.14. The number of carbonyl (C=O) groups excluding carboxylic acids is 2. The van der Waals surface area contributed by atoms with Crippen molar-refractivity contribution in [1.82, 2.24) is 9.80 Å². The molecule has 1 aliphatic heterocycles. The maximum Gasteiger partial charge on any atom is 0.235 e. The monoisotopic (exact) mass is 363 g/mol. The highest BCUT2D eigenvalue weighted by atomic mass is 32.2. The minimum Gasteiger partial charge on any atom is -0.339 e. The van der Waals surface area contributed by atoms with Gasteiger partial charge in [0, 0.05) is 50.2 Å². The van der Waals surface area contributed by atoms with Crippen LogP contribution in [0.1, 0.15) is 27.7 Å². The van der Waals surface area contributed by atoms with Gasteiger partial charge in [-0.25, -0.2) is 0 Å². The number of rotatable bonds is 6. The van der Waals surface area contributed by atoms with Gasteiger partial charge in [0.1, 0.15) is 0 Å². The Kier molecular flexibility index (Phi) is 7.32. The summed E-state index contributed by atoms with van der Waals surface area (Å²) in [7, 11) is 0. The third kappa shape index (κ3) is 6.36. The van der Waals surface area contributed by atoms with Gasteiger partial charge in [-0.2, -0.15) is 0 Å². The lowest BCUT2D eigenvalue weighted by atomic mass is 10.2. The second kappa shape index (κ2) is 9.25. The van der Waals surface area contributed by atoms with Crippen LogP contribution in [0.5, 0.6) is 0 Å². The van der Waals surface area contributed by atoms with Crippen molar-refractivity contribution >= 4 is 29.3 Å². The molecular weight excluding hydrogens is 334 g/mol. The lowest BCUT2D eigenvalue weighted by Crippen LogP contribution is -2.51. The average Bonchev–Trinajstić information content (AvgIpc) is 2.55. The zero-order valence-electron chi connectivity index (χ0n) is 15.6. The fourth-order valence-corrected chi connectivity index (χ4v) is 3.95. The third-order valence-corrected chi connectivity index (χ3v) is 5.24. The van der Waals surface area contributed by atoms with Crippen LogP contribution in [0.3, 0.4) is 0 Å². The van der Waals surface area contributed by atoms with Crippen molar-refractivity contribution in [3.05, 3.63) is 24.3 Å². The number of thioether (sulfide) groups is 1. The van der Waals surface area contributed by atoms with E-state index in [9.17, 15) is 9.59 Å². The van der Waals surface area contributed by atoms with Gasteiger partial charge >= 0.3 is 0 Å². The Morgan fingerprint density at radius 1 is 1.08 bits per heavy atom. The Balaban J connectivity index is 1.83. The van der Waals surface area contributed by atoms with Crippen LogP contribution in [-0.2, 0) is 9.59 Å². The van der Waals surface area contributed by atoms with E-state index in [4.69, 9.17) is 0 Å². The summed E-state index contributed by atoms with van der Waals surface area (Å²) in [5.41, 5.74) is 0.775. The van der Waals surface area contributed by atoms with Gasteiger partial charge in [-0.3, -0.25) is 14.5 Å². The van der Waals surface area contributed by atoms with E-state index in [-0.39, 0.29) is 17.1 Å². The number of carbonyl (C=O) groups is 2. The molecule has 0 spiro atoms. The highest BCUT2D eigenvalue weighted by Crippen LogP contribution is 2.26. The predicted octanol–water partition coefficient (Wildman–Crippen LogP) is 2.93. The van der Waals surface area contributed by atoms with Crippen LogP contribution in [-0.4, -0.2) is 59.6 Å². The van der Waals surface area contributed by atoms with E-state index in [1.54, 1.807) is 11.8 Å². The van der Waals surface area contributed by atoms with E-state index in [0.29, 0.717) is 5.92 Å². The molecule has 1 heterocycles. The fourth-order valence-electron chi connectivity index (χ4n) is 3.00. The Labute approximate surface area is 155 Å². The number of amides is 2. The van der Waals surface area contributed by atoms with Crippen molar-refractivity contribution in [2.24, 2.45) is 5.92 Å². The van der Waals surface area contributed by atoms with Crippen LogP contribution in [0.15, 0.2) is 29.2 Å². The molecule has 0 aliphatic carbocycles. The normalized spacial score (nSPS) is 16.8. The van der Waals surface area contributed by atoms with E-state index >= 15 is 0 Å². The molecule has 1 fully saturated rings. The van der Waals surface area contributed by atoms with Crippen LogP contribution in [0.25, 0.3) is 0 Å². The lowest BCUT2D eigenvalue weighted by Gasteiger charge is -2.36. The molecule has 0 bridgehead atoms. The summed E-state index contributed by atoms with van der Waals surface area (Å²) in [6.07, 6.45) is 0. The second-order valence-electron chi connectivity index (χ2n) is 6.99. The summed E-state index contributed by atoms with van der Waals surface area (Å²) in [5.74, 6) is 0.790. The van der Waals surface area contributed by atoms with Crippen LogP contribution < -0.4 is 5.32 Å². The van der Waals surface area contributed by atoms with Gasteiger partial charge in [0.25, 0.3) is 0 Å². The molecular formula is C19H29N3O2S. The molecule has 1 saturated heterocycles. The van der Waals surface area contributed by atoms with Gasteiger partial charge in [0.15, 0.2) is 0 Å². The second-order valence-corrected chi connectivity index (χ2v) is 8.40. The molecule has 2 rings (SSSR count). The van der Waals surface area contributed by atoms with Gasteiger partial charge in [-0.05, 0) is 37.1 Å². The lowest BCUT2D eigenvalue weighted by molar-refractivity contribution is -0.132. The Bertz CT molecular complexity index is 581. The van der Waals surface area contributed by atoms with Crippen LogP contribution in [0.2, 0.25) is 0 Å². The number of anilines is 1. The Hall–Kier alpha value is -1.53. The molecule has 1 atom stereocenters. The quantitative estimate of drug-likeness (QED) is 0.790. The molecule has 25 heavy (non-hydrogen) atoms. The number of hydrogen-bond acceptors (Lipinski definition) is 4. The van der Waals surface area contributed by atoms with Crippen molar-refractivity contribution in [3.8, 4) is 0 Å². The van der Waals surface area contributed by atoms with Crippen molar-refractivity contribution in [2.75, 3.05) is 38.0 Å². The first-order chi connectivity index (χ1) is 11.8. The van der Waals surface area contributed by atoms with Crippen molar-refractivity contribution < 1.29 is 9.59 Å². The van der Waals surface area contributed by atoms with Gasteiger partial charge in [0.2, 0.25) is 11.8 Å². The Morgan fingerprint density at radius 2 is 1.68 bits per heavy atom. The molecule has 1 aromatic carbocycles. The molecule has 2 amide bonds. The highest BCUT2D eigenvalue weighted by Gasteiger charge is 2.25. The first-order valence-electron chi connectivity index (χ1n) is 8.90. The topological polar surface area (TPSA) is 52.7 Å². The van der Waals surface area contributed by atoms with Gasteiger partial charge < -0.3 is 10.2 Å². The van der Waals surface area contributed by atoms with Gasteiger partial charge in [-0.1, -0.05) is 13.8 Å². The van der Waals surface area contributed by atoms with Crippen molar-refractivity contribution in [2.45, 2.75) is 37.8 Å². The van der Waals surface area contributed by atoms with Gasteiger partial charge in [-0.15, -0.1) is 11.8 Å². The average molecular weight is 364 g/mol. The van der Waals surface area contributed by atoms with E-state index in [0.717, 1.165) is 43.3 Å². The van der Waals surface area contributed by atoms with Crippen molar-refractivity contribution in [3.63, 3.8) is 0 Å². The summed E-state index contributed by atoms with van der Waals surface area (Å²) >= 11 is 1.57. The zero-order chi connectivity index (χ0) is 18.4. The van der Waals surface area contributed by atoms with Crippen LogP contribution >= 0.6 is 11.8 Å². The number of piperazine rings is 1. The van der Waals surface area contributed by atoms with Crippen molar-refractivity contribution in [1.29, 1.82) is 0 Å². The van der Waals surface area contributed by atoms with E-state index in [2.05, 4.69) is 24.1 Å². The molecule has 0 saturated carbocycles. The molecule has 1 N–H and O–H groups in total. The first kappa shape index (κ1) is 19.8. The highest BCUT2D eigenvalue weighted by molar-refractivity contribution is 8.00. The van der Waals surface area contributed by atoms with Gasteiger partial charge in [0.05, 0.1) is 5.25 Å². The summed E-state index contributed by atoms with van der Waals surface area (Å²) < 4.78 is 0. The molecule has 0 aromatic heterocycles. The minimum atomic E-state index is -0.108. The molecule has 1 aliphatic rings. The number of benzene rings is 1. The molecule has 1 aromatic rings. The zero-order valence-corrected chi connectivity index (χ0v) is 16.4. The number of nitrogens with zero attached hydrogens (tertiary/aromatic N) is 2. The molecule has 5 nitrogen and oxygen atoms in total. The summed E-state index contributed by atoms with van der Waals surface area (Å²) in [5, 5.41) is 2.64. The number of hydrogen-bond donors (Lipinski definition) is 1. The Morgan fingerprint density at radius 3 is 2.20 bits per heavy atom. The van der Waals surface area contributed by atoms with Crippen LogP contribution in [0, 0.1) is 5.92 Å².